The zero-order valence-corrected chi connectivity index (χ0v) is 13.7. The second-order valence-corrected chi connectivity index (χ2v) is 5.81. The van der Waals surface area contributed by atoms with Crippen molar-refractivity contribution in [3.63, 3.8) is 0 Å². The van der Waals surface area contributed by atoms with Crippen molar-refractivity contribution in [3.8, 4) is 0 Å². The fourth-order valence-corrected chi connectivity index (χ4v) is 2.41. The predicted molar refractivity (Wildman–Crippen MR) is 83.4 cm³/mol. The average molecular weight is 352 g/mol. The largest absolute Gasteiger partial charge is 0.459 e. The number of cyclic esters (lactones) is 1. The van der Waals surface area contributed by atoms with E-state index in [9.17, 15) is 24.6 Å². The van der Waals surface area contributed by atoms with Gasteiger partial charge in [0.15, 0.2) is 0 Å². The molecule has 1 fully saturated rings. The van der Waals surface area contributed by atoms with E-state index in [1.54, 1.807) is 30.3 Å². The van der Waals surface area contributed by atoms with Gasteiger partial charge in [0.25, 0.3) is 0 Å². The van der Waals surface area contributed by atoms with Gasteiger partial charge < -0.3 is 24.4 Å². The first kappa shape index (κ1) is 19.0. The minimum absolute atomic E-state index is 0.299. The molecule has 1 aliphatic heterocycles. The van der Waals surface area contributed by atoms with Crippen molar-refractivity contribution in [3.05, 3.63) is 35.9 Å². The lowest BCUT2D eigenvalue weighted by molar-refractivity contribution is -0.251. The average Bonchev–Trinajstić information content (AvgIpc) is 2.84. The molecule has 2 N–H and O–H groups in total. The van der Waals surface area contributed by atoms with Crippen LogP contribution in [0.4, 0.5) is 0 Å². The molecule has 0 radical (unpaired) electrons. The van der Waals surface area contributed by atoms with E-state index >= 15 is 0 Å². The van der Waals surface area contributed by atoms with Gasteiger partial charge in [0.1, 0.15) is 24.6 Å². The lowest BCUT2D eigenvalue weighted by Gasteiger charge is -2.30. The highest BCUT2D eigenvalue weighted by Gasteiger charge is 2.51. The van der Waals surface area contributed by atoms with Crippen molar-refractivity contribution in [2.24, 2.45) is 0 Å². The van der Waals surface area contributed by atoms with E-state index in [4.69, 9.17) is 14.2 Å². The Hall–Kier alpha value is -2.29. The number of Topliss-reactive ketones (excluding diaryl/α,β-unsaturated/α-hetero) is 1. The SMILES string of the molecule is CC(=O)C[C@@]1(OC[C@@H](O)COC(=O)c2ccccc2)OC(=O)C[C@@H]1O. The molecule has 1 aromatic rings. The maximum atomic E-state index is 11.8. The van der Waals surface area contributed by atoms with Gasteiger partial charge in [-0.2, -0.15) is 0 Å². The molecule has 8 heteroatoms. The Morgan fingerprint density at radius 3 is 2.56 bits per heavy atom. The van der Waals surface area contributed by atoms with Crippen LogP contribution in [0, 0.1) is 0 Å². The molecule has 0 bridgehead atoms. The van der Waals surface area contributed by atoms with Gasteiger partial charge in [-0.25, -0.2) is 4.79 Å². The fourth-order valence-electron chi connectivity index (χ4n) is 2.41. The maximum Gasteiger partial charge on any atom is 0.338 e. The molecule has 0 aliphatic carbocycles. The van der Waals surface area contributed by atoms with Crippen molar-refractivity contribution >= 4 is 17.7 Å². The number of carbonyl (C=O) groups excluding carboxylic acids is 3. The second-order valence-electron chi connectivity index (χ2n) is 5.81. The number of rotatable bonds is 8. The lowest BCUT2D eigenvalue weighted by atomic mass is 10.0. The van der Waals surface area contributed by atoms with Gasteiger partial charge in [0.05, 0.1) is 25.0 Å². The summed E-state index contributed by atoms with van der Waals surface area (Å²) in [7, 11) is 0. The summed E-state index contributed by atoms with van der Waals surface area (Å²) in [6.07, 6.45) is -3.17. The zero-order valence-electron chi connectivity index (χ0n) is 13.7. The minimum Gasteiger partial charge on any atom is -0.459 e. The van der Waals surface area contributed by atoms with Crippen LogP contribution in [0.15, 0.2) is 30.3 Å². The van der Waals surface area contributed by atoms with Crippen LogP contribution in [-0.2, 0) is 23.8 Å². The number of ether oxygens (including phenoxy) is 3. The third-order valence-electron chi connectivity index (χ3n) is 3.59. The van der Waals surface area contributed by atoms with Crippen LogP contribution in [0.3, 0.4) is 0 Å². The lowest BCUT2D eigenvalue weighted by Crippen LogP contribution is -2.46. The van der Waals surface area contributed by atoms with E-state index in [-0.39, 0.29) is 31.8 Å². The van der Waals surface area contributed by atoms with Gasteiger partial charge in [0.2, 0.25) is 5.79 Å². The van der Waals surface area contributed by atoms with Crippen LogP contribution < -0.4 is 0 Å². The molecule has 3 atom stereocenters. The highest BCUT2D eigenvalue weighted by Crippen LogP contribution is 2.32. The summed E-state index contributed by atoms with van der Waals surface area (Å²) in [6, 6.07) is 8.25. The summed E-state index contributed by atoms with van der Waals surface area (Å²) in [6.45, 7) is 0.523. The standard InChI is InChI=1S/C17H20O8/c1-11(18)8-17(14(20)7-15(21)25-17)24-10-13(19)9-23-16(22)12-5-3-2-4-6-12/h2-6,13-14,19-20H,7-10H2,1H3/t13-,14-,17+/m0/s1. The highest BCUT2D eigenvalue weighted by atomic mass is 16.7. The molecule has 25 heavy (non-hydrogen) atoms. The Morgan fingerprint density at radius 1 is 1.32 bits per heavy atom. The van der Waals surface area contributed by atoms with E-state index < -0.39 is 29.9 Å². The van der Waals surface area contributed by atoms with Crippen molar-refractivity contribution in [1.29, 1.82) is 0 Å². The summed E-state index contributed by atoms with van der Waals surface area (Å²) in [4.78, 5) is 34.5. The number of aliphatic hydroxyl groups excluding tert-OH is 2. The number of aliphatic hydroxyl groups is 2. The topological polar surface area (TPSA) is 119 Å². The number of carbonyl (C=O) groups is 3. The number of benzene rings is 1. The van der Waals surface area contributed by atoms with E-state index in [0.717, 1.165) is 0 Å². The Morgan fingerprint density at radius 2 is 2.00 bits per heavy atom. The van der Waals surface area contributed by atoms with Gasteiger partial charge in [-0.1, -0.05) is 18.2 Å². The molecule has 0 unspecified atom stereocenters. The van der Waals surface area contributed by atoms with Crippen LogP contribution in [0.2, 0.25) is 0 Å². The Bertz CT molecular complexity index is 629. The van der Waals surface area contributed by atoms with Gasteiger partial charge >= 0.3 is 11.9 Å². The summed E-state index contributed by atoms with van der Waals surface area (Å²) in [5.74, 6) is -3.46. The molecule has 0 aromatic heterocycles. The number of ketones is 1. The molecule has 1 heterocycles. The monoisotopic (exact) mass is 352 g/mol. The van der Waals surface area contributed by atoms with Gasteiger partial charge in [-0.3, -0.25) is 9.59 Å². The summed E-state index contributed by atoms with van der Waals surface area (Å²) < 4.78 is 15.3. The molecule has 8 nitrogen and oxygen atoms in total. The first-order chi connectivity index (χ1) is 11.8. The summed E-state index contributed by atoms with van der Waals surface area (Å²) >= 11 is 0. The summed E-state index contributed by atoms with van der Waals surface area (Å²) in [5, 5.41) is 19.8. The molecular formula is C17H20O8. The van der Waals surface area contributed by atoms with Crippen molar-refractivity contribution in [1.82, 2.24) is 0 Å². The van der Waals surface area contributed by atoms with Gasteiger partial charge in [0, 0.05) is 0 Å². The highest BCUT2D eigenvalue weighted by molar-refractivity contribution is 5.89. The molecule has 2 rings (SSSR count). The molecule has 0 spiro atoms. The number of esters is 2. The molecule has 0 saturated carbocycles. The first-order valence-electron chi connectivity index (χ1n) is 7.76. The van der Waals surface area contributed by atoms with Crippen molar-refractivity contribution in [2.45, 2.75) is 37.8 Å². The fraction of sp³-hybridized carbons (Fsp3) is 0.471. The van der Waals surface area contributed by atoms with E-state index in [2.05, 4.69) is 0 Å². The third-order valence-corrected chi connectivity index (χ3v) is 3.59. The van der Waals surface area contributed by atoms with E-state index in [1.807, 2.05) is 0 Å². The third kappa shape index (κ3) is 5.09. The van der Waals surface area contributed by atoms with E-state index in [1.165, 1.54) is 6.92 Å². The smallest absolute Gasteiger partial charge is 0.338 e. The molecule has 136 valence electrons. The Kier molecular flexibility index (Phi) is 6.24. The van der Waals surface area contributed by atoms with Crippen LogP contribution in [0.1, 0.15) is 30.1 Å². The molecular weight excluding hydrogens is 332 g/mol. The quantitative estimate of drug-likeness (QED) is 0.637. The summed E-state index contributed by atoms with van der Waals surface area (Å²) in [5.41, 5.74) is 0.337. The van der Waals surface area contributed by atoms with Crippen LogP contribution in [0.25, 0.3) is 0 Å². The molecule has 1 aliphatic rings. The van der Waals surface area contributed by atoms with Crippen molar-refractivity contribution < 1.29 is 38.8 Å². The first-order valence-corrected chi connectivity index (χ1v) is 7.76. The van der Waals surface area contributed by atoms with Gasteiger partial charge in [-0.15, -0.1) is 0 Å². The Balaban J connectivity index is 1.87. The molecule has 0 amide bonds. The van der Waals surface area contributed by atoms with Crippen LogP contribution in [0.5, 0.6) is 0 Å². The Labute approximate surface area is 144 Å². The van der Waals surface area contributed by atoms with Gasteiger partial charge in [-0.05, 0) is 19.1 Å². The molecule has 1 aromatic carbocycles. The minimum atomic E-state index is -1.81. The van der Waals surface area contributed by atoms with Crippen LogP contribution in [-0.4, -0.2) is 59.1 Å². The van der Waals surface area contributed by atoms with Crippen molar-refractivity contribution in [2.75, 3.05) is 13.2 Å². The predicted octanol–water partition coefficient (Wildman–Crippen LogP) is 0.204. The normalized spacial score (nSPS) is 23.8. The number of hydrogen-bond donors (Lipinski definition) is 2. The van der Waals surface area contributed by atoms with Crippen LogP contribution >= 0.6 is 0 Å². The molecule has 1 saturated heterocycles. The maximum absolute atomic E-state index is 11.8. The second kappa shape index (κ2) is 8.19. The number of hydrogen-bond acceptors (Lipinski definition) is 8. The zero-order chi connectivity index (χ0) is 18.4. The van der Waals surface area contributed by atoms with E-state index in [0.29, 0.717) is 5.56 Å².